The van der Waals surface area contributed by atoms with E-state index < -0.39 is 5.82 Å². The lowest BCUT2D eigenvalue weighted by Gasteiger charge is -2.29. The van der Waals surface area contributed by atoms with Gasteiger partial charge in [-0.25, -0.2) is 4.39 Å². The van der Waals surface area contributed by atoms with Crippen LogP contribution >= 0.6 is 12.2 Å². The van der Waals surface area contributed by atoms with Crippen LogP contribution in [0.15, 0.2) is 66.9 Å². The van der Waals surface area contributed by atoms with Gasteiger partial charge in [0.15, 0.2) is 4.77 Å². The van der Waals surface area contributed by atoms with E-state index in [1.807, 2.05) is 55.5 Å². The lowest BCUT2D eigenvalue weighted by Crippen LogP contribution is -2.33. The predicted octanol–water partition coefficient (Wildman–Crippen LogP) is 5.16. The maximum Gasteiger partial charge on any atom is 0.257 e. The molecule has 29 heavy (non-hydrogen) atoms. The van der Waals surface area contributed by atoms with E-state index in [0.29, 0.717) is 22.3 Å². The summed E-state index contributed by atoms with van der Waals surface area (Å²) < 4.78 is 14.6. The number of H-pyrrole nitrogens is 2. The van der Waals surface area contributed by atoms with Crippen molar-refractivity contribution in [1.82, 2.24) is 19.9 Å². The number of halogens is 1. The Morgan fingerprint density at radius 1 is 1.14 bits per heavy atom. The minimum atomic E-state index is -0.503. The van der Waals surface area contributed by atoms with Gasteiger partial charge in [0.1, 0.15) is 5.82 Å². The highest BCUT2D eigenvalue weighted by atomic mass is 32.1. The van der Waals surface area contributed by atoms with Crippen LogP contribution in [0.3, 0.4) is 0 Å². The van der Waals surface area contributed by atoms with Gasteiger partial charge in [-0.2, -0.15) is 0 Å². The molecule has 0 aliphatic rings. The van der Waals surface area contributed by atoms with Crippen molar-refractivity contribution in [3.05, 3.63) is 94.3 Å². The minimum Gasteiger partial charge on any atom is -0.331 e. The predicted molar refractivity (Wildman–Crippen MR) is 112 cm³/mol. The standard InChI is InChI=1S/C22H19FN4OS/c1-14(18-9-5-6-10-24-18)27(13-15-7-3-2-4-8-15)21(28)17-11-16(23)12-19-20(17)26-22(29)25-19/h2-12,14H,13H2,1H3,(H2,25,26,29). The summed E-state index contributed by atoms with van der Waals surface area (Å²) >= 11 is 5.13. The van der Waals surface area contributed by atoms with Crippen LogP contribution in [0.2, 0.25) is 0 Å². The summed E-state index contributed by atoms with van der Waals surface area (Å²) in [6.45, 7) is 2.28. The second-order valence-corrected chi connectivity index (χ2v) is 7.21. The summed E-state index contributed by atoms with van der Waals surface area (Å²) in [5.74, 6) is -0.807. The van der Waals surface area contributed by atoms with E-state index in [2.05, 4.69) is 15.0 Å². The molecule has 0 radical (unpaired) electrons. The fraction of sp³-hybridized carbons (Fsp3) is 0.136. The van der Waals surface area contributed by atoms with Crippen molar-refractivity contribution in [2.75, 3.05) is 0 Å². The lowest BCUT2D eigenvalue weighted by atomic mass is 10.1. The molecule has 146 valence electrons. The second kappa shape index (κ2) is 7.97. The summed E-state index contributed by atoms with van der Waals surface area (Å²) in [4.78, 5) is 25.5. The van der Waals surface area contributed by atoms with Crippen LogP contribution in [0.25, 0.3) is 11.0 Å². The van der Waals surface area contributed by atoms with Crippen molar-refractivity contribution in [3.8, 4) is 0 Å². The van der Waals surface area contributed by atoms with E-state index in [9.17, 15) is 9.18 Å². The van der Waals surface area contributed by atoms with Gasteiger partial charge < -0.3 is 14.9 Å². The Morgan fingerprint density at radius 3 is 2.62 bits per heavy atom. The second-order valence-electron chi connectivity index (χ2n) is 6.80. The SMILES string of the molecule is CC(c1ccccn1)N(Cc1ccccc1)C(=O)c1cc(F)cc2[nH]c(=S)[nH]c12. The Hall–Kier alpha value is -3.32. The smallest absolute Gasteiger partial charge is 0.257 e. The molecule has 4 aromatic rings. The fourth-order valence-electron chi connectivity index (χ4n) is 3.38. The molecular formula is C22H19FN4OS. The van der Waals surface area contributed by atoms with E-state index >= 15 is 0 Å². The molecular weight excluding hydrogens is 387 g/mol. The third-order valence-electron chi connectivity index (χ3n) is 4.86. The number of nitrogens with zero attached hydrogens (tertiary/aromatic N) is 2. The topological polar surface area (TPSA) is 64.8 Å². The first kappa shape index (κ1) is 19.0. The summed E-state index contributed by atoms with van der Waals surface area (Å²) in [7, 11) is 0. The number of pyridine rings is 1. The van der Waals surface area contributed by atoms with Crippen molar-refractivity contribution >= 4 is 29.2 Å². The number of nitrogens with one attached hydrogen (secondary N) is 2. The first-order valence-electron chi connectivity index (χ1n) is 9.20. The molecule has 0 spiro atoms. The number of hydrogen-bond acceptors (Lipinski definition) is 3. The molecule has 2 heterocycles. The molecule has 4 rings (SSSR count). The first-order valence-corrected chi connectivity index (χ1v) is 9.61. The Morgan fingerprint density at radius 2 is 1.90 bits per heavy atom. The average Bonchev–Trinajstić information content (AvgIpc) is 3.11. The molecule has 2 N–H and O–H groups in total. The zero-order chi connectivity index (χ0) is 20.4. The highest BCUT2D eigenvalue weighted by molar-refractivity contribution is 7.71. The largest absolute Gasteiger partial charge is 0.331 e. The van der Waals surface area contributed by atoms with Crippen LogP contribution < -0.4 is 0 Å². The van der Waals surface area contributed by atoms with E-state index in [1.165, 1.54) is 12.1 Å². The summed E-state index contributed by atoms with van der Waals surface area (Å²) in [6, 6.07) is 17.5. The molecule has 0 aliphatic carbocycles. The molecule has 0 saturated carbocycles. The maximum absolute atomic E-state index is 14.2. The summed E-state index contributed by atoms with van der Waals surface area (Å²) in [6.07, 6.45) is 1.70. The zero-order valence-corrected chi connectivity index (χ0v) is 16.5. The van der Waals surface area contributed by atoms with Gasteiger partial charge in [0.2, 0.25) is 0 Å². The zero-order valence-electron chi connectivity index (χ0n) is 15.7. The number of amides is 1. The van der Waals surface area contributed by atoms with Crippen molar-refractivity contribution in [1.29, 1.82) is 0 Å². The van der Waals surface area contributed by atoms with Crippen molar-refractivity contribution in [2.45, 2.75) is 19.5 Å². The Balaban J connectivity index is 1.80. The number of carbonyl (C=O) groups excluding carboxylic acids is 1. The normalized spacial score (nSPS) is 12.1. The quantitative estimate of drug-likeness (QED) is 0.450. The van der Waals surface area contributed by atoms with Crippen molar-refractivity contribution < 1.29 is 9.18 Å². The molecule has 0 fully saturated rings. The van der Waals surface area contributed by atoms with E-state index in [-0.39, 0.29) is 17.5 Å². The molecule has 1 amide bonds. The van der Waals surface area contributed by atoms with Crippen LogP contribution in [-0.4, -0.2) is 25.8 Å². The first-order chi connectivity index (χ1) is 14.0. The number of aromatic amines is 2. The number of aromatic nitrogens is 3. The number of carbonyl (C=O) groups is 1. The third kappa shape index (κ3) is 3.95. The third-order valence-corrected chi connectivity index (χ3v) is 5.06. The summed E-state index contributed by atoms with van der Waals surface area (Å²) in [5, 5.41) is 0. The van der Waals surface area contributed by atoms with Crippen molar-refractivity contribution in [3.63, 3.8) is 0 Å². The minimum absolute atomic E-state index is 0.228. The van der Waals surface area contributed by atoms with Gasteiger partial charge in [-0.1, -0.05) is 36.4 Å². The number of hydrogen-bond donors (Lipinski definition) is 2. The number of benzene rings is 2. The molecule has 7 heteroatoms. The molecule has 0 aliphatic heterocycles. The number of imidazole rings is 1. The van der Waals surface area contributed by atoms with Gasteiger partial charge in [-0.15, -0.1) is 0 Å². The van der Waals surface area contributed by atoms with Crippen LogP contribution in [0, 0.1) is 10.6 Å². The monoisotopic (exact) mass is 406 g/mol. The Kier molecular flexibility index (Phi) is 5.22. The van der Waals surface area contributed by atoms with Gasteiger partial charge in [-0.3, -0.25) is 9.78 Å². The molecule has 0 saturated heterocycles. The van der Waals surface area contributed by atoms with Gasteiger partial charge in [0.05, 0.1) is 28.3 Å². The van der Waals surface area contributed by atoms with Crippen LogP contribution in [-0.2, 0) is 6.54 Å². The van der Waals surface area contributed by atoms with Crippen LogP contribution in [0.1, 0.15) is 34.6 Å². The maximum atomic E-state index is 14.2. The molecule has 2 aromatic heterocycles. The summed E-state index contributed by atoms with van der Waals surface area (Å²) in [5.41, 5.74) is 2.91. The van der Waals surface area contributed by atoms with Gasteiger partial charge in [-0.05, 0) is 49.0 Å². The Bertz CT molecular complexity index is 1200. The van der Waals surface area contributed by atoms with E-state index in [1.54, 1.807) is 11.1 Å². The molecule has 5 nitrogen and oxygen atoms in total. The van der Waals surface area contributed by atoms with Gasteiger partial charge in [0, 0.05) is 12.7 Å². The van der Waals surface area contributed by atoms with Crippen molar-refractivity contribution in [2.24, 2.45) is 0 Å². The highest BCUT2D eigenvalue weighted by Crippen LogP contribution is 2.26. The highest BCUT2D eigenvalue weighted by Gasteiger charge is 2.26. The molecule has 0 bridgehead atoms. The van der Waals surface area contributed by atoms with Gasteiger partial charge in [0.25, 0.3) is 5.91 Å². The molecule has 2 aromatic carbocycles. The number of rotatable bonds is 5. The average molecular weight is 406 g/mol. The molecule has 1 unspecified atom stereocenters. The van der Waals surface area contributed by atoms with Gasteiger partial charge >= 0.3 is 0 Å². The fourth-order valence-corrected chi connectivity index (χ4v) is 3.59. The van der Waals surface area contributed by atoms with E-state index in [0.717, 1.165) is 11.3 Å². The van der Waals surface area contributed by atoms with Crippen LogP contribution in [0.5, 0.6) is 0 Å². The Labute approximate surface area is 172 Å². The van der Waals surface area contributed by atoms with E-state index in [4.69, 9.17) is 12.2 Å². The molecule has 1 atom stereocenters. The van der Waals surface area contributed by atoms with Crippen LogP contribution in [0.4, 0.5) is 4.39 Å². The number of fused-ring (bicyclic) bond motifs is 1. The lowest BCUT2D eigenvalue weighted by molar-refractivity contribution is 0.0672.